The molecule has 0 unspecified atom stereocenters. The largest absolute Gasteiger partial charge is 0.310 e. The van der Waals surface area contributed by atoms with Crippen molar-refractivity contribution in [2.75, 3.05) is 4.90 Å². The Morgan fingerprint density at radius 3 is 1.58 bits per heavy atom. The number of rotatable bonds is 7. The molecule has 0 fully saturated rings. The third kappa shape index (κ3) is 6.05. The number of benzene rings is 9. The minimum atomic E-state index is -0.546. The molecule has 2 aliphatic rings. The third-order valence-corrected chi connectivity index (χ3v) is 14.2. The van der Waals surface area contributed by atoms with Crippen LogP contribution in [0.25, 0.3) is 44.2 Å². The molecule has 2 aliphatic carbocycles. The molecule has 0 saturated carbocycles. The van der Waals surface area contributed by atoms with Crippen molar-refractivity contribution in [1.29, 1.82) is 0 Å². The van der Waals surface area contributed by atoms with Gasteiger partial charge in [-0.05, 0) is 132 Å². The molecule has 0 aliphatic heterocycles. The van der Waals surface area contributed by atoms with E-state index in [4.69, 9.17) is 0 Å². The van der Waals surface area contributed by atoms with Crippen LogP contribution in [0, 0.1) is 0 Å². The van der Waals surface area contributed by atoms with E-state index in [1.165, 1.54) is 84.0 Å². The second kappa shape index (κ2) is 14.6. The minimum absolute atomic E-state index is 0.0609. The molecule has 0 saturated heterocycles. The van der Waals surface area contributed by atoms with Gasteiger partial charge in [0.25, 0.3) is 0 Å². The van der Waals surface area contributed by atoms with E-state index < -0.39 is 5.41 Å². The lowest BCUT2D eigenvalue weighted by Gasteiger charge is -2.42. The normalized spacial score (nSPS) is 15.4. The van der Waals surface area contributed by atoms with E-state index in [-0.39, 0.29) is 10.8 Å². The molecule has 9 aromatic rings. The first-order chi connectivity index (χ1) is 30.2. The van der Waals surface area contributed by atoms with Crippen molar-refractivity contribution in [2.45, 2.75) is 56.8 Å². The predicted octanol–water partition coefficient (Wildman–Crippen LogP) is 16.4. The Bertz CT molecular complexity index is 3060. The van der Waals surface area contributed by atoms with Crippen LogP contribution < -0.4 is 4.90 Å². The molecule has 62 heavy (non-hydrogen) atoms. The van der Waals surface area contributed by atoms with Gasteiger partial charge < -0.3 is 4.90 Å². The Labute approximate surface area is 367 Å². The molecule has 0 N–H and O–H groups in total. The highest BCUT2D eigenvalue weighted by Crippen LogP contribution is 2.59. The SMILES string of the molecule is CC1(C)CCC(C)(C)c2cc(-c3cc4c(cc3N(c3ccc(-c5ccccc5)cc3)c3ccc5ccccc5c3)C(c3ccccc3)(c3ccccc3)c3ccccc3-4)ccc21. The highest BCUT2D eigenvalue weighted by Gasteiger charge is 2.47. The summed E-state index contributed by atoms with van der Waals surface area (Å²) in [6, 6.07) is 79.5. The van der Waals surface area contributed by atoms with Crippen LogP contribution in [-0.4, -0.2) is 0 Å². The van der Waals surface area contributed by atoms with Crippen molar-refractivity contribution >= 4 is 27.8 Å². The van der Waals surface area contributed by atoms with E-state index in [9.17, 15) is 0 Å². The number of fused-ring (bicyclic) bond motifs is 5. The Morgan fingerprint density at radius 1 is 0.339 bits per heavy atom. The Morgan fingerprint density at radius 2 is 0.887 bits per heavy atom. The predicted molar refractivity (Wildman–Crippen MR) is 262 cm³/mol. The first kappa shape index (κ1) is 38.0. The average Bonchev–Trinajstić information content (AvgIpc) is 3.61. The van der Waals surface area contributed by atoms with Crippen LogP contribution in [0.1, 0.15) is 73.9 Å². The van der Waals surface area contributed by atoms with Crippen molar-refractivity contribution in [3.63, 3.8) is 0 Å². The van der Waals surface area contributed by atoms with Crippen LogP contribution >= 0.6 is 0 Å². The van der Waals surface area contributed by atoms with Crippen LogP contribution in [0.4, 0.5) is 17.1 Å². The lowest BCUT2D eigenvalue weighted by Crippen LogP contribution is -2.33. The standard InChI is InChI=1S/C61H51N/c1-59(2)36-37-60(3,4)57-39-46(31-35-55(57)59)52-40-53-51-26-16-17-27-54(51)61(47-22-10-6-11-23-47,48-24-12-7-13-25-48)56(53)41-58(52)62(50-34-30-43-20-14-15-21-45(43)38-50)49-32-28-44(29-33-49)42-18-8-5-9-19-42/h5-35,38-41H,36-37H2,1-4H3. The first-order valence-corrected chi connectivity index (χ1v) is 22.2. The molecule has 1 nitrogen and oxygen atoms in total. The van der Waals surface area contributed by atoms with Crippen molar-refractivity contribution in [3.05, 3.63) is 246 Å². The van der Waals surface area contributed by atoms with Gasteiger partial charge >= 0.3 is 0 Å². The van der Waals surface area contributed by atoms with Crippen molar-refractivity contribution < 1.29 is 0 Å². The molecule has 0 radical (unpaired) electrons. The zero-order valence-electron chi connectivity index (χ0n) is 36.1. The molecule has 300 valence electrons. The average molecular weight is 798 g/mol. The lowest BCUT2D eigenvalue weighted by atomic mass is 9.63. The van der Waals surface area contributed by atoms with Crippen LogP contribution in [0.5, 0.6) is 0 Å². The summed E-state index contributed by atoms with van der Waals surface area (Å²) in [6.07, 6.45) is 2.34. The first-order valence-electron chi connectivity index (χ1n) is 22.2. The summed E-state index contributed by atoms with van der Waals surface area (Å²) in [7, 11) is 0. The molecule has 1 heteroatoms. The molecular weight excluding hydrogens is 747 g/mol. The fourth-order valence-corrected chi connectivity index (χ4v) is 10.8. The highest BCUT2D eigenvalue weighted by molar-refractivity contribution is 5.98. The monoisotopic (exact) mass is 797 g/mol. The van der Waals surface area contributed by atoms with Gasteiger partial charge in [-0.1, -0.05) is 204 Å². The van der Waals surface area contributed by atoms with Crippen molar-refractivity contribution in [3.8, 4) is 33.4 Å². The molecule has 0 atom stereocenters. The molecule has 0 aromatic heterocycles. The van der Waals surface area contributed by atoms with E-state index in [0.29, 0.717) is 0 Å². The minimum Gasteiger partial charge on any atom is -0.310 e. The van der Waals surface area contributed by atoms with E-state index >= 15 is 0 Å². The van der Waals surface area contributed by atoms with E-state index in [0.717, 1.165) is 23.5 Å². The molecule has 0 spiro atoms. The van der Waals surface area contributed by atoms with E-state index in [2.05, 4.69) is 245 Å². The fourth-order valence-electron chi connectivity index (χ4n) is 10.8. The van der Waals surface area contributed by atoms with Crippen molar-refractivity contribution in [1.82, 2.24) is 0 Å². The molecule has 11 rings (SSSR count). The van der Waals surface area contributed by atoms with Crippen LogP contribution in [0.2, 0.25) is 0 Å². The summed E-state index contributed by atoms with van der Waals surface area (Å²) in [6.45, 7) is 9.72. The number of anilines is 3. The van der Waals surface area contributed by atoms with Gasteiger partial charge in [-0.15, -0.1) is 0 Å². The highest BCUT2D eigenvalue weighted by atomic mass is 15.1. The zero-order chi connectivity index (χ0) is 42.1. The van der Waals surface area contributed by atoms with Gasteiger partial charge in [0, 0.05) is 16.9 Å². The summed E-state index contributed by atoms with van der Waals surface area (Å²) in [5.41, 5.74) is 18.5. The van der Waals surface area contributed by atoms with Gasteiger partial charge in [-0.2, -0.15) is 0 Å². The van der Waals surface area contributed by atoms with Gasteiger partial charge in [0.15, 0.2) is 0 Å². The Kier molecular flexibility index (Phi) is 8.95. The maximum Gasteiger partial charge on any atom is 0.0714 e. The van der Waals surface area contributed by atoms with E-state index in [1.807, 2.05) is 0 Å². The maximum atomic E-state index is 2.56. The smallest absolute Gasteiger partial charge is 0.0714 e. The number of hydrogen-bond donors (Lipinski definition) is 0. The maximum absolute atomic E-state index is 2.56. The quantitative estimate of drug-likeness (QED) is 0.155. The summed E-state index contributed by atoms with van der Waals surface area (Å²) in [4.78, 5) is 2.52. The number of hydrogen-bond acceptors (Lipinski definition) is 1. The third-order valence-electron chi connectivity index (χ3n) is 14.2. The summed E-state index contributed by atoms with van der Waals surface area (Å²) in [5.74, 6) is 0. The topological polar surface area (TPSA) is 3.24 Å². The van der Waals surface area contributed by atoms with Gasteiger partial charge in [-0.25, -0.2) is 0 Å². The second-order valence-electron chi connectivity index (χ2n) is 18.8. The summed E-state index contributed by atoms with van der Waals surface area (Å²) >= 11 is 0. The van der Waals surface area contributed by atoms with Crippen LogP contribution in [0.3, 0.4) is 0 Å². The Hall–Kier alpha value is -6.96. The van der Waals surface area contributed by atoms with Crippen LogP contribution in [0.15, 0.2) is 212 Å². The van der Waals surface area contributed by atoms with Gasteiger partial charge in [0.1, 0.15) is 0 Å². The van der Waals surface area contributed by atoms with Gasteiger partial charge in [0.05, 0.1) is 11.1 Å². The van der Waals surface area contributed by atoms with Crippen molar-refractivity contribution in [2.24, 2.45) is 0 Å². The zero-order valence-corrected chi connectivity index (χ0v) is 36.1. The Balaban J connectivity index is 1.25. The van der Waals surface area contributed by atoms with Crippen LogP contribution in [-0.2, 0) is 16.2 Å². The summed E-state index contributed by atoms with van der Waals surface area (Å²) in [5, 5.41) is 2.44. The fraction of sp³-hybridized carbons (Fsp3) is 0.148. The molecule has 0 amide bonds. The lowest BCUT2D eigenvalue weighted by molar-refractivity contribution is 0.332. The number of nitrogens with zero attached hydrogens (tertiary/aromatic N) is 1. The molecule has 9 aromatic carbocycles. The molecular formula is C61H51N. The second-order valence-corrected chi connectivity index (χ2v) is 18.8. The van der Waals surface area contributed by atoms with Gasteiger partial charge in [-0.3, -0.25) is 0 Å². The summed E-state index contributed by atoms with van der Waals surface area (Å²) < 4.78 is 0. The molecule has 0 bridgehead atoms. The molecule has 0 heterocycles. The van der Waals surface area contributed by atoms with Gasteiger partial charge in [0.2, 0.25) is 0 Å². The van der Waals surface area contributed by atoms with E-state index in [1.54, 1.807) is 0 Å².